The van der Waals surface area contributed by atoms with Crippen molar-refractivity contribution in [2.75, 3.05) is 5.32 Å². The third kappa shape index (κ3) is 4.15. The Balaban J connectivity index is 1.87. The number of hydrogen-bond donors (Lipinski definition) is 2. The summed E-state index contributed by atoms with van der Waals surface area (Å²) >= 11 is 1.27. The van der Waals surface area contributed by atoms with Crippen LogP contribution in [0.3, 0.4) is 0 Å². The van der Waals surface area contributed by atoms with Gasteiger partial charge in [-0.05, 0) is 36.6 Å². The van der Waals surface area contributed by atoms with Crippen LogP contribution in [0.25, 0.3) is 0 Å². The smallest absolute Gasteiger partial charge is 0.284 e. The number of thiophene rings is 1. The second kappa shape index (κ2) is 7.36. The predicted octanol–water partition coefficient (Wildman–Crippen LogP) is 2.31. The Hall–Kier alpha value is -2.69. The van der Waals surface area contributed by atoms with E-state index in [9.17, 15) is 9.59 Å². The SMILES string of the molecule is CC(ONC(=O)c1cccs1)C(=O)Nc1cccc(C#N)c1. The fourth-order valence-corrected chi connectivity index (χ4v) is 2.17. The molecule has 2 N–H and O–H groups in total. The minimum Gasteiger partial charge on any atom is -0.324 e. The van der Waals surface area contributed by atoms with Crippen molar-refractivity contribution in [1.29, 1.82) is 5.26 Å². The Morgan fingerprint density at radius 3 is 2.82 bits per heavy atom. The number of hydroxylamine groups is 1. The molecule has 2 aromatic rings. The van der Waals surface area contributed by atoms with Crippen molar-refractivity contribution in [3.8, 4) is 6.07 Å². The van der Waals surface area contributed by atoms with Crippen LogP contribution in [0.2, 0.25) is 0 Å². The first-order valence-electron chi connectivity index (χ1n) is 6.40. The molecule has 0 fully saturated rings. The highest BCUT2D eigenvalue weighted by Gasteiger charge is 2.16. The molecule has 6 nitrogen and oxygen atoms in total. The van der Waals surface area contributed by atoms with E-state index in [2.05, 4.69) is 10.8 Å². The van der Waals surface area contributed by atoms with Crippen LogP contribution in [0.15, 0.2) is 41.8 Å². The van der Waals surface area contributed by atoms with Crippen molar-refractivity contribution >= 4 is 28.8 Å². The lowest BCUT2D eigenvalue weighted by Crippen LogP contribution is -2.35. The van der Waals surface area contributed by atoms with Gasteiger partial charge in [0.15, 0.2) is 6.10 Å². The molecule has 1 heterocycles. The van der Waals surface area contributed by atoms with E-state index in [0.717, 1.165) is 0 Å². The molecule has 0 aliphatic rings. The Morgan fingerprint density at radius 1 is 1.32 bits per heavy atom. The summed E-state index contributed by atoms with van der Waals surface area (Å²) in [6.07, 6.45) is -0.880. The van der Waals surface area contributed by atoms with Gasteiger partial charge in [0.2, 0.25) is 0 Å². The van der Waals surface area contributed by atoms with E-state index < -0.39 is 17.9 Å². The van der Waals surface area contributed by atoms with Crippen molar-refractivity contribution in [3.05, 3.63) is 52.2 Å². The topological polar surface area (TPSA) is 91.2 Å². The zero-order valence-electron chi connectivity index (χ0n) is 11.7. The van der Waals surface area contributed by atoms with E-state index in [4.69, 9.17) is 10.1 Å². The normalized spacial score (nSPS) is 11.3. The zero-order chi connectivity index (χ0) is 15.9. The Bertz CT molecular complexity index is 707. The first kappa shape index (κ1) is 15.7. The minimum absolute atomic E-state index is 0.402. The monoisotopic (exact) mass is 315 g/mol. The summed E-state index contributed by atoms with van der Waals surface area (Å²) < 4.78 is 0. The van der Waals surface area contributed by atoms with E-state index in [-0.39, 0.29) is 0 Å². The molecule has 7 heteroatoms. The number of carbonyl (C=O) groups is 2. The van der Waals surface area contributed by atoms with Gasteiger partial charge in [0.05, 0.1) is 16.5 Å². The van der Waals surface area contributed by atoms with Crippen LogP contribution < -0.4 is 10.8 Å². The van der Waals surface area contributed by atoms with Crippen molar-refractivity contribution in [3.63, 3.8) is 0 Å². The van der Waals surface area contributed by atoms with Gasteiger partial charge in [0.25, 0.3) is 11.8 Å². The lowest BCUT2D eigenvalue weighted by Gasteiger charge is -2.13. The molecule has 1 unspecified atom stereocenters. The van der Waals surface area contributed by atoms with Gasteiger partial charge in [0.1, 0.15) is 0 Å². The number of hydrogen-bond acceptors (Lipinski definition) is 5. The van der Waals surface area contributed by atoms with Crippen LogP contribution in [0, 0.1) is 11.3 Å². The minimum atomic E-state index is -0.880. The van der Waals surface area contributed by atoms with Gasteiger partial charge in [-0.1, -0.05) is 12.1 Å². The lowest BCUT2D eigenvalue weighted by molar-refractivity contribution is -0.129. The molecular weight excluding hydrogens is 302 g/mol. The number of nitrogens with one attached hydrogen (secondary N) is 2. The molecule has 0 saturated heterocycles. The van der Waals surface area contributed by atoms with E-state index in [1.54, 1.807) is 41.8 Å². The van der Waals surface area contributed by atoms with Gasteiger partial charge in [0, 0.05) is 5.69 Å². The largest absolute Gasteiger partial charge is 0.324 e. The van der Waals surface area contributed by atoms with Crippen LogP contribution >= 0.6 is 11.3 Å². The molecule has 1 aromatic heterocycles. The van der Waals surface area contributed by atoms with Gasteiger partial charge in [-0.3, -0.25) is 14.4 Å². The summed E-state index contributed by atoms with van der Waals surface area (Å²) in [6, 6.07) is 11.9. The number of anilines is 1. The standard InChI is InChI=1S/C15H13N3O3S/c1-10(21-18-15(20)13-6-3-7-22-13)14(19)17-12-5-2-4-11(8-12)9-16/h2-8,10H,1H3,(H,17,19)(H,18,20). The quantitative estimate of drug-likeness (QED) is 0.828. The summed E-state index contributed by atoms with van der Waals surface area (Å²) in [5.41, 5.74) is 3.16. The molecule has 0 aliphatic carbocycles. The van der Waals surface area contributed by atoms with Gasteiger partial charge in [-0.15, -0.1) is 11.3 Å². The highest BCUT2D eigenvalue weighted by Crippen LogP contribution is 2.11. The van der Waals surface area contributed by atoms with E-state index >= 15 is 0 Å². The summed E-state index contributed by atoms with van der Waals surface area (Å²) in [4.78, 5) is 29.2. The molecule has 22 heavy (non-hydrogen) atoms. The van der Waals surface area contributed by atoms with Crippen molar-refractivity contribution < 1.29 is 14.4 Å². The molecule has 2 rings (SSSR count). The number of rotatable bonds is 5. The first-order chi connectivity index (χ1) is 10.6. The van der Waals surface area contributed by atoms with E-state index in [1.807, 2.05) is 6.07 Å². The van der Waals surface area contributed by atoms with Crippen molar-refractivity contribution in [2.24, 2.45) is 0 Å². The van der Waals surface area contributed by atoms with E-state index in [0.29, 0.717) is 16.1 Å². The lowest BCUT2D eigenvalue weighted by atomic mass is 10.2. The maximum Gasteiger partial charge on any atom is 0.284 e. The molecule has 0 radical (unpaired) electrons. The van der Waals surface area contributed by atoms with E-state index in [1.165, 1.54) is 18.3 Å². The second-order valence-electron chi connectivity index (χ2n) is 4.35. The zero-order valence-corrected chi connectivity index (χ0v) is 12.5. The summed E-state index contributed by atoms with van der Waals surface area (Å²) in [6.45, 7) is 1.51. The van der Waals surface area contributed by atoms with Gasteiger partial charge in [-0.2, -0.15) is 5.26 Å². The number of benzene rings is 1. The third-order valence-electron chi connectivity index (χ3n) is 2.70. The molecule has 1 aromatic carbocycles. The van der Waals surface area contributed by atoms with Crippen molar-refractivity contribution in [2.45, 2.75) is 13.0 Å². The van der Waals surface area contributed by atoms with Crippen LogP contribution in [-0.4, -0.2) is 17.9 Å². The molecule has 1 atom stereocenters. The Kier molecular flexibility index (Phi) is 5.25. The summed E-state index contributed by atoms with van der Waals surface area (Å²) in [5.74, 6) is -0.831. The van der Waals surface area contributed by atoms with Gasteiger partial charge < -0.3 is 5.32 Å². The fourth-order valence-electron chi connectivity index (χ4n) is 1.56. The van der Waals surface area contributed by atoms with Gasteiger partial charge in [-0.25, -0.2) is 5.48 Å². The number of amides is 2. The molecule has 0 saturated carbocycles. The van der Waals surface area contributed by atoms with Crippen LogP contribution in [-0.2, 0) is 9.63 Å². The average molecular weight is 315 g/mol. The Labute approximate surface area is 131 Å². The van der Waals surface area contributed by atoms with Crippen molar-refractivity contribution in [1.82, 2.24) is 5.48 Å². The maximum absolute atomic E-state index is 11.9. The number of nitriles is 1. The molecule has 0 aliphatic heterocycles. The summed E-state index contributed by atoms with van der Waals surface area (Å²) in [5, 5.41) is 13.2. The number of carbonyl (C=O) groups excluding carboxylic acids is 2. The highest BCUT2D eigenvalue weighted by atomic mass is 32.1. The second-order valence-corrected chi connectivity index (χ2v) is 5.30. The predicted molar refractivity (Wildman–Crippen MR) is 82.1 cm³/mol. The van der Waals surface area contributed by atoms with Crippen LogP contribution in [0.5, 0.6) is 0 Å². The summed E-state index contributed by atoms with van der Waals surface area (Å²) in [7, 11) is 0. The molecule has 112 valence electrons. The van der Waals surface area contributed by atoms with Crippen LogP contribution in [0.1, 0.15) is 22.2 Å². The fraction of sp³-hybridized carbons (Fsp3) is 0.133. The molecule has 0 bridgehead atoms. The molecule has 0 spiro atoms. The third-order valence-corrected chi connectivity index (χ3v) is 3.57. The average Bonchev–Trinajstić information content (AvgIpc) is 3.06. The Morgan fingerprint density at radius 2 is 2.14 bits per heavy atom. The molecular formula is C15H13N3O3S. The van der Waals surface area contributed by atoms with Gasteiger partial charge >= 0.3 is 0 Å². The number of nitrogens with zero attached hydrogens (tertiary/aromatic N) is 1. The highest BCUT2D eigenvalue weighted by molar-refractivity contribution is 7.12. The maximum atomic E-state index is 11.9. The molecule has 2 amide bonds. The first-order valence-corrected chi connectivity index (χ1v) is 7.28. The van der Waals surface area contributed by atoms with Crippen LogP contribution in [0.4, 0.5) is 5.69 Å².